The van der Waals surface area contributed by atoms with Gasteiger partial charge in [-0.2, -0.15) is 0 Å². The number of carbonyl (C=O) groups is 1. The molecule has 4 aromatic rings. The zero-order chi connectivity index (χ0) is 18.3. The molecule has 0 bridgehead atoms. The second-order valence-corrected chi connectivity index (χ2v) is 5.82. The Kier molecular flexibility index (Phi) is 3.73. The van der Waals surface area contributed by atoms with Crippen molar-refractivity contribution in [3.8, 4) is 22.3 Å². The van der Waals surface area contributed by atoms with Gasteiger partial charge in [-0.25, -0.2) is 18.6 Å². The maximum absolute atomic E-state index is 13.3. The number of rotatable bonds is 3. The van der Waals surface area contributed by atoms with Crippen LogP contribution in [0.2, 0.25) is 0 Å². The van der Waals surface area contributed by atoms with Gasteiger partial charge in [-0.15, -0.1) is 0 Å². The van der Waals surface area contributed by atoms with E-state index >= 15 is 0 Å². The van der Waals surface area contributed by atoms with Gasteiger partial charge in [0.1, 0.15) is 11.6 Å². The Bertz CT molecular complexity index is 1030. The summed E-state index contributed by atoms with van der Waals surface area (Å²) in [6.07, 6.45) is 0. The monoisotopic (exact) mass is 350 g/mol. The quantitative estimate of drug-likeness (QED) is 0.554. The van der Waals surface area contributed by atoms with E-state index in [-0.39, 0.29) is 17.5 Å². The Hall–Kier alpha value is -3.54. The van der Waals surface area contributed by atoms with Gasteiger partial charge in [-0.1, -0.05) is 24.3 Å². The molecule has 0 atom stereocenters. The summed E-state index contributed by atoms with van der Waals surface area (Å²) in [7, 11) is 0. The second kappa shape index (κ2) is 6.07. The number of carboxylic acids is 1. The normalized spacial score (nSPS) is 11.0. The van der Waals surface area contributed by atoms with Crippen molar-refractivity contribution < 1.29 is 18.7 Å². The molecule has 0 spiro atoms. The molecule has 0 aliphatic heterocycles. The average molecular weight is 350 g/mol. The maximum atomic E-state index is 13.3. The zero-order valence-electron chi connectivity index (χ0n) is 13.3. The number of H-pyrrole nitrogens is 1. The van der Waals surface area contributed by atoms with E-state index in [9.17, 15) is 13.6 Å². The topological polar surface area (TPSA) is 66.0 Å². The van der Waals surface area contributed by atoms with Gasteiger partial charge in [0.2, 0.25) is 5.82 Å². The summed E-state index contributed by atoms with van der Waals surface area (Å²) >= 11 is 0. The van der Waals surface area contributed by atoms with Gasteiger partial charge in [-0.3, -0.25) is 0 Å². The van der Waals surface area contributed by atoms with E-state index < -0.39 is 5.97 Å². The minimum absolute atomic E-state index is 0.165. The van der Waals surface area contributed by atoms with Gasteiger partial charge in [0, 0.05) is 0 Å². The molecule has 0 unspecified atom stereocenters. The lowest BCUT2D eigenvalue weighted by atomic mass is 9.94. The molecule has 0 amide bonds. The van der Waals surface area contributed by atoms with Gasteiger partial charge < -0.3 is 10.1 Å². The van der Waals surface area contributed by atoms with E-state index in [0.717, 1.165) is 22.3 Å². The molecule has 1 heterocycles. The van der Waals surface area contributed by atoms with Crippen LogP contribution in [-0.2, 0) is 0 Å². The fourth-order valence-electron chi connectivity index (χ4n) is 2.89. The first-order valence-corrected chi connectivity index (χ1v) is 7.80. The van der Waals surface area contributed by atoms with Crippen molar-refractivity contribution in [2.45, 2.75) is 0 Å². The van der Waals surface area contributed by atoms with Crippen molar-refractivity contribution in [3.05, 3.63) is 78.1 Å². The van der Waals surface area contributed by atoms with E-state index in [1.165, 1.54) is 24.3 Å². The SMILES string of the molecule is O=C(O)c1nc2cc(-c3ccc(F)cc3)c(-c3ccc(F)cc3)cc2[nH]1. The Morgan fingerprint density at radius 1 is 0.846 bits per heavy atom. The highest BCUT2D eigenvalue weighted by atomic mass is 19.1. The number of aromatic carboxylic acids is 1. The summed E-state index contributed by atoms with van der Waals surface area (Å²) in [6, 6.07) is 15.4. The highest BCUT2D eigenvalue weighted by molar-refractivity contribution is 5.96. The van der Waals surface area contributed by atoms with Crippen molar-refractivity contribution in [2.24, 2.45) is 0 Å². The average Bonchev–Trinajstić information content (AvgIpc) is 3.05. The van der Waals surface area contributed by atoms with Gasteiger partial charge in [0.05, 0.1) is 11.0 Å². The number of nitrogens with zero attached hydrogens (tertiary/aromatic N) is 1. The van der Waals surface area contributed by atoms with Crippen LogP contribution in [0.15, 0.2) is 60.7 Å². The van der Waals surface area contributed by atoms with E-state index in [1.54, 1.807) is 36.4 Å². The predicted octanol–water partition coefficient (Wildman–Crippen LogP) is 4.87. The number of fused-ring (bicyclic) bond motifs is 1. The number of benzene rings is 3. The van der Waals surface area contributed by atoms with Crippen LogP contribution >= 0.6 is 0 Å². The van der Waals surface area contributed by atoms with Crippen LogP contribution < -0.4 is 0 Å². The number of hydrogen-bond donors (Lipinski definition) is 2. The molecule has 4 rings (SSSR count). The highest BCUT2D eigenvalue weighted by Crippen LogP contribution is 2.35. The fourth-order valence-corrected chi connectivity index (χ4v) is 2.89. The molecule has 3 aromatic carbocycles. The van der Waals surface area contributed by atoms with Gasteiger partial charge in [0.15, 0.2) is 0 Å². The molecule has 4 nitrogen and oxygen atoms in total. The summed E-state index contributed by atoms with van der Waals surface area (Å²) in [5.41, 5.74) is 4.02. The molecule has 0 fully saturated rings. The van der Waals surface area contributed by atoms with Crippen LogP contribution in [0.1, 0.15) is 10.6 Å². The predicted molar refractivity (Wildman–Crippen MR) is 93.8 cm³/mol. The summed E-state index contributed by atoms with van der Waals surface area (Å²) < 4.78 is 26.6. The van der Waals surface area contributed by atoms with Gasteiger partial charge >= 0.3 is 5.97 Å². The Balaban J connectivity index is 1.99. The summed E-state index contributed by atoms with van der Waals surface area (Å²) in [4.78, 5) is 18.0. The van der Waals surface area contributed by atoms with Gasteiger partial charge in [-0.05, 0) is 58.7 Å². The number of halogens is 2. The van der Waals surface area contributed by atoms with Crippen LogP contribution in [0.25, 0.3) is 33.3 Å². The molecule has 26 heavy (non-hydrogen) atoms. The van der Waals surface area contributed by atoms with E-state index in [0.29, 0.717) is 11.0 Å². The zero-order valence-corrected chi connectivity index (χ0v) is 13.3. The molecule has 0 aliphatic rings. The van der Waals surface area contributed by atoms with Crippen molar-refractivity contribution in [1.82, 2.24) is 9.97 Å². The summed E-state index contributed by atoms with van der Waals surface area (Å²) in [6.45, 7) is 0. The molecule has 128 valence electrons. The molecular formula is C20H12F2N2O2. The molecule has 2 N–H and O–H groups in total. The first-order valence-electron chi connectivity index (χ1n) is 7.80. The van der Waals surface area contributed by atoms with Crippen LogP contribution in [0.5, 0.6) is 0 Å². The van der Waals surface area contributed by atoms with Crippen LogP contribution in [0, 0.1) is 11.6 Å². The second-order valence-electron chi connectivity index (χ2n) is 5.82. The third-order valence-electron chi connectivity index (χ3n) is 4.13. The third-order valence-corrected chi connectivity index (χ3v) is 4.13. The van der Waals surface area contributed by atoms with E-state index in [4.69, 9.17) is 5.11 Å². The summed E-state index contributed by atoms with van der Waals surface area (Å²) in [5, 5.41) is 9.14. The standard InChI is InChI=1S/C20H12F2N2O2/c21-13-5-1-11(2-6-13)15-9-17-18(24-19(23-17)20(25)26)10-16(15)12-3-7-14(22)8-4-12/h1-10H,(H,23,24)(H,25,26). The van der Waals surface area contributed by atoms with Crippen molar-refractivity contribution in [3.63, 3.8) is 0 Å². The van der Waals surface area contributed by atoms with Crippen molar-refractivity contribution in [1.29, 1.82) is 0 Å². The Morgan fingerprint density at radius 2 is 1.35 bits per heavy atom. The number of nitrogens with one attached hydrogen (secondary N) is 1. The fraction of sp³-hybridized carbons (Fsp3) is 0. The molecular weight excluding hydrogens is 338 g/mol. The van der Waals surface area contributed by atoms with Gasteiger partial charge in [0.25, 0.3) is 0 Å². The first-order chi connectivity index (χ1) is 12.5. The van der Waals surface area contributed by atoms with Crippen LogP contribution in [-0.4, -0.2) is 21.0 Å². The smallest absolute Gasteiger partial charge is 0.371 e. The lowest BCUT2D eigenvalue weighted by Crippen LogP contribution is -1.97. The molecule has 0 aliphatic carbocycles. The van der Waals surface area contributed by atoms with Crippen LogP contribution in [0.4, 0.5) is 8.78 Å². The molecule has 1 aromatic heterocycles. The molecule has 0 radical (unpaired) electrons. The molecule has 0 saturated carbocycles. The first kappa shape index (κ1) is 16.0. The minimum atomic E-state index is -1.16. The Labute approximate surface area is 146 Å². The summed E-state index contributed by atoms with van der Waals surface area (Å²) in [5.74, 6) is -2.03. The number of aromatic amines is 1. The lowest BCUT2D eigenvalue weighted by Gasteiger charge is -2.11. The minimum Gasteiger partial charge on any atom is -0.475 e. The number of carboxylic acid groups (broad SMARTS) is 1. The highest BCUT2D eigenvalue weighted by Gasteiger charge is 2.15. The maximum Gasteiger partial charge on any atom is 0.371 e. The lowest BCUT2D eigenvalue weighted by molar-refractivity contribution is 0.0685. The van der Waals surface area contributed by atoms with Crippen molar-refractivity contribution in [2.75, 3.05) is 0 Å². The van der Waals surface area contributed by atoms with Crippen LogP contribution in [0.3, 0.4) is 0 Å². The van der Waals surface area contributed by atoms with E-state index in [1.807, 2.05) is 0 Å². The number of imidazole rings is 1. The third kappa shape index (κ3) is 2.82. The van der Waals surface area contributed by atoms with E-state index in [2.05, 4.69) is 9.97 Å². The largest absolute Gasteiger partial charge is 0.475 e. The van der Waals surface area contributed by atoms with Crippen molar-refractivity contribution >= 4 is 17.0 Å². The molecule has 0 saturated heterocycles. The molecule has 6 heteroatoms. The number of hydrogen-bond acceptors (Lipinski definition) is 2. The number of aromatic nitrogens is 2. The Morgan fingerprint density at radius 3 is 1.85 bits per heavy atom.